The first kappa shape index (κ1) is 19.4. The summed E-state index contributed by atoms with van der Waals surface area (Å²) in [6, 6.07) is 12.2. The van der Waals surface area contributed by atoms with Crippen LogP contribution in [0.3, 0.4) is 0 Å². The molecule has 1 aliphatic rings. The first-order valence-electron chi connectivity index (χ1n) is 7.69. The topological polar surface area (TPSA) is 75.6 Å². The predicted molar refractivity (Wildman–Crippen MR) is 95.7 cm³/mol. The molecule has 10 heteroatoms. The molecule has 0 aromatic heterocycles. The zero-order chi connectivity index (χ0) is 19.7. The van der Waals surface area contributed by atoms with E-state index in [4.69, 9.17) is 0 Å². The number of thioether (sulfide) groups is 1. The number of amides is 1. The Bertz CT molecular complexity index is 990. The van der Waals surface area contributed by atoms with Crippen molar-refractivity contribution in [3.05, 3.63) is 65.7 Å². The van der Waals surface area contributed by atoms with Crippen LogP contribution >= 0.6 is 11.8 Å². The second kappa shape index (κ2) is 7.35. The third kappa shape index (κ3) is 4.69. The Balaban J connectivity index is 1.77. The van der Waals surface area contributed by atoms with E-state index in [0.29, 0.717) is 5.56 Å². The third-order valence-corrected chi connectivity index (χ3v) is 6.18. The van der Waals surface area contributed by atoms with Crippen LogP contribution in [-0.4, -0.2) is 24.7 Å². The van der Waals surface area contributed by atoms with Crippen molar-refractivity contribution in [2.75, 3.05) is 0 Å². The minimum atomic E-state index is -4.47. The van der Waals surface area contributed by atoms with E-state index in [1.165, 1.54) is 24.3 Å². The number of sulfonamides is 1. The Morgan fingerprint density at radius 2 is 1.78 bits per heavy atom. The Morgan fingerprint density at radius 1 is 1.07 bits per heavy atom. The number of benzene rings is 2. The summed E-state index contributed by atoms with van der Waals surface area (Å²) in [5.41, 5.74) is -0.478. The largest absolute Gasteiger partial charge is 0.416 e. The molecule has 1 fully saturated rings. The molecule has 2 aromatic rings. The van der Waals surface area contributed by atoms with E-state index < -0.39 is 32.9 Å². The lowest BCUT2D eigenvalue weighted by Gasteiger charge is -2.10. The fourth-order valence-corrected chi connectivity index (χ4v) is 4.63. The van der Waals surface area contributed by atoms with Crippen molar-refractivity contribution in [3.8, 4) is 0 Å². The molecule has 0 saturated carbocycles. The number of halogens is 3. The zero-order valence-electron chi connectivity index (χ0n) is 13.6. The molecule has 0 aliphatic carbocycles. The van der Waals surface area contributed by atoms with Crippen LogP contribution in [0.5, 0.6) is 0 Å². The summed E-state index contributed by atoms with van der Waals surface area (Å²) in [6.07, 6.45) is -4.46. The normalized spacial score (nSPS) is 19.3. The summed E-state index contributed by atoms with van der Waals surface area (Å²) in [7, 11) is -3.99. The van der Waals surface area contributed by atoms with Crippen molar-refractivity contribution in [1.29, 1.82) is 0 Å². The predicted octanol–water partition coefficient (Wildman–Crippen LogP) is 3.22. The average Bonchev–Trinajstić information content (AvgIpc) is 2.93. The van der Waals surface area contributed by atoms with E-state index in [1.807, 2.05) is 0 Å². The van der Waals surface area contributed by atoms with Crippen LogP contribution in [-0.2, 0) is 27.4 Å². The van der Waals surface area contributed by atoms with Gasteiger partial charge in [-0.2, -0.15) is 21.6 Å². The molecule has 1 saturated heterocycles. The SMILES string of the molecule is O=C1N/C(=N\S(=O)(=O)c2ccccc2)SC1Cc1cccc(C(F)(F)F)c1. The first-order chi connectivity index (χ1) is 12.6. The molecular weight excluding hydrogens is 401 g/mol. The third-order valence-electron chi connectivity index (χ3n) is 3.70. The molecule has 1 aliphatic heterocycles. The van der Waals surface area contributed by atoms with Crippen molar-refractivity contribution in [2.24, 2.45) is 4.40 Å². The molecule has 27 heavy (non-hydrogen) atoms. The minimum Gasteiger partial charge on any atom is -0.304 e. The Kier molecular flexibility index (Phi) is 5.29. The molecule has 2 aromatic carbocycles. The lowest BCUT2D eigenvalue weighted by Crippen LogP contribution is -2.26. The quantitative estimate of drug-likeness (QED) is 0.834. The second-order valence-electron chi connectivity index (χ2n) is 5.68. The van der Waals surface area contributed by atoms with Crippen LogP contribution in [0.15, 0.2) is 63.9 Å². The van der Waals surface area contributed by atoms with Gasteiger partial charge in [0.25, 0.3) is 10.0 Å². The molecule has 1 N–H and O–H groups in total. The number of alkyl halides is 3. The smallest absolute Gasteiger partial charge is 0.304 e. The number of amidine groups is 1. The summed E-state index contributed by atoms with van der Waals surface area (Å²) < 4.78 is 66.5. The summed E-state index contributed by atoms with van der Waals surface area (Å²) in [4.78, 5) is 12.0. The summed E-state index contributed by atoms with van der Waals surface area (Å²) in [5, 5.41) is 1.51. The maximum atomic E-state index is 12.8. The van der Waals surface area contributed by atoms with E-state index in [-0.39, 0.29) is 16.5 Å². The molecule has 5 nitrogen and oxygen atoms in total. The van der Waals surface area contributed by atoms with Gasteiger partial charge < -0.3 is 5.32 Å². The number of nitrogens with zero attached hydrogens (tertiary/aromatic N) is 1. The van der Waals surface area contributed by atoms with Crippen molar-refractivity contribution >= 4 is 32.9 Å². The Morgan fingerprint density at radius 3 is 2.44 bits per heavy atom. The monoisotopic (exact) mass is 414 g/mol. The number of rotatable bonds is 4. The van der Waals surface area contributed by atoms with Gasteiger partial charge in [-0.05, 0) is 30.2 Å². The second-order valence-corrected chi connectivity index (χ2v) is 8.48. The van der Waals surface area contributed by atoms with Gasteiger partial charge in [-0.15, -0.1) is 4.40 Å². The molecule has 3 rings (SSSR count). The number of hydrogen-bond donors (Lipinski definition) is 1. The van der Waals surface area contributed by atoms with Crippen LogP contribution in [0.4, 0.5) is 13.2 Å². The molecule has 0 spiro atoms. The zero-order valence-corrected chi connectivity index (χ0v) is 15.2. The fraction of sp³-hybridized carbons (Fsp3) is 0.176. The number of hydrogen-bond acceptors (Lipinski definition) is 4. The number of carbonyl (C=O) groups excluding carboxylic acids is 1. The molecule has 1 amide bonds. The van der Waals surface area contributed by atoms with Crippen LogP contribution in [0, 0.1) is 0 Å². The maximum Gasteiger partial charge on any atom is 0.416 e. The molecule has 1 atom stereocenters. The highest BCUT2D eigenvalue weighted by molar-refractivity contribution is 8.16. The van der Waals surface area contributed by atoms with E-state index in [9.17, 15) is 26.4 Å². The summed E-state index contributed by atoms with van der Waals surface area (Å²) >= 11 is 0.877. The van der Waals surface area contributed by atoms with Crippen LogP contribution < -0.4 is 5.32 Å². The van der Waals surface area contributed by atoms with Gasteiger partial charge in [0.05, 0.1) is 15.7 Å². The average molecular weight is 414 g/mol. The van der Waals surface area contributed by atoms with Gasteiger partial charge in [0.1, 0.15) is 0 Å². The van der Waals surface area contributed by atoms with Crippen molar-refractivity contribution in [3.63, 3.8) is 0 Å². The minimum absolute atomic E-state index is 0.0187. The highest BCUT2D eigenvalue weighted by Crippen LogP contribution is 2.31. The molecule has 142 valence electrons. The van der Waals surface area contributed by atoms with Crippen LogP contribution in [0.25, 0.3) is 0 Å². The van der Waals surface area contributed by atoms with Crippen molar-refractivity contribution < 1.29 is 26.4 Å². The van der Waals surface area contributed by atoms with E-state index >= 15 is 0 Å². The fourth-order valence-electron chi connectivity index (χ4n) is 2.43. The van der Waals surface area contributed by atoms with E-state index in [2.05, 4.69) is 9.71 Å². The lowest BCUT2D eigenvalue weighted by atomic mass is 10.1. The molecule has 0 bridgehead atoms. The van der Waals surface area contributed by atoms with Gasteiger partial charge in [0.15, 0.2) is 5.17 Å². The lowest BCUT2D eigenvalue weighted by molar-refractivity contribution is -0.137. The highest BCUT2D eigenvalue weighted by atomic mass is 32.2. The van der Waals surface area contributed by atoms with Gasteiger partial charge >= 0.3 is 6.18 Å². The van der Waals surface area contributed by atoms with Crippen molar-refractivity contribution in [1.82, 2.24) is 5.32 Å². The van der Waals surface area contributed by atoms with Crippen molar-refractivity contribution in [2.45, 2.75) is 22.7 Å². The van der Waals surface area contributed by atoms with E-state index in [0.717, 1.165) is 23.9 Å². The number of nitrogens with one attached hydrogen (secondary N) is 1. The summed E-state index contributed by atoms with van der Waals surface area (Å²) in [6.45, 7) is 0. The van der Waals surface area contributed by atoms with Gasteiger partial charge in [-0.1, -0.05) is 48.2 Å². The molecular formula is C17H13F3N2O3S2. The first-order valence-corrected chi connectivity index (χ1v) is 10.0. The number of carbonyl (C=O) groups is 1. The van der Waals surface area contributed by atoms with Gasteiger partial charge in [-0.25, -0.2) is 0 Å². The molecule has 0 radical (unpaired) electrons. The standard InChI is InChI=1S/C17H13F3N2O3S2/c18-17(19,20)12-6-4-5-11(9-12)10-14-15(23)21-16(26-14)22-27(24,25)13-7-2-1-3-8-13/h1-9,14H,10H2,(H,21,22,23). The maximum absolute atomic E-state index is 12.8. The summed E-state index contributed by atoms with van der Waals surface area (Å²) in [5.74, 6) is -0.501. The Labute approximate surface area is 157 Å². The van der Waals surface area contributed by atoms with E-state index in [1.54, 1.807) is 18.2 Å². The molecule has 1 unspecified atom stereocenters. The van der Waals surface area contributed by atoms with Gasteiger partial charge in [-0.3, -0.25) is 4.79 Å². The van der Waals surface area contributed by atoms with Gasteiger partial charge in [0.2, 0.25) is 5.91 Å². The molecule has 1 heterocycles. The van der Waals surface area contributed by atoms with Crippen LogP contribution in [0.1, 0.15) is 11.1 Å². The Hall–Kier alpha value is -2.33. The van der Waals surface area contributed by atoms with Gasteiger partial charge in [0, 0.05) is 0 Å². The highest BCUT2D eigenvalue weighted by Gasteiger charge is 2.34. The van der Waals surface area contributed by atoms with Crippen LogP contribution in [0.2, 0.25) is 0 Å².